The molecular weight excluding hydrogens is 348 g/mol. The molecule has 1 aromatic heterocycles. The zero-order valence-electron chi connectivity index (χ0n) is 15.7. The van der Waals surface area contributed by atoms with Crippen LogP contribution in [0.1, 0.15) is 37.9 Å². The van der Waals surface area contributed by atoms with Gasteiger partial charge in [-0.05, 0) is 37.8 Å². The van der Waals surface area contributed by atoms with Gasteiger partial charge in [0.15, 0.2) is 0 Å². The smallest absolute Gasteiger partial charge is 0.307 e. The fraction of sp³-hybridized carbons (Fsp3) is 0.700. The van der Waals surface area contributed by atoms with E-state index in [0.717, 1.165) is 64.3 Å². The molecule has 1 atom stereocenters. The van der Waals surface area contributed by atoms with Crippen molar-refractivity contribution in [2.75, 3.05) is 39.4 Å². The summed E-state index contributed by atoms with van der Waals surface area (Å²) in [6, 6.07) is 3.72. The second-order valence-electron chi connectivity index (χ2n) is 7.80. The van der Waals surface area contributed by atoms with Crippen LogP contribution < -0.4 is 0 Å². The first-order valence-corrected chi connectivity index (χ1v) is 9.99. The van der Waals surface area contributed by atoms with Gasteiger partial charge >= 0.3 is 5.97 Å². The Hall–Kier alpha value is -1.86. The molecule has 3 fully saturated rings. The number of ether oxygens (including phenoxy) is 2. The summed E-state index contributed by atoms with van der Waals surface area (Å²) < 4.78 is 16.6. The maximum atomic E-state index is 13.5. The lowest BCUT2D eigenvalue weighted by Gasteiger charge is -2.34. The second-order valence-corrected chi connectivity index (χ2v) is 7.80. The molecule has 2 aliphatic heterocycles. The molecule has 2 saturated heterocycles. The maximum Gasteiger partial charge on any atom is 0.307 e. The monoisotopic (exact) mass is 376 g/mol. The number of esters is 1. The molecule has 0 radical (unpaired) electrons. The van der Waals surface area contributed by atoms with Crippen molar-refractivity contribution in [3.63, 3.8) is 0 Å². The summed E-state index contributed by atoms with van der Waals surface area (Å²) in [5.41, 5.74) is -0.575. The number of nitrogens with zero attached hydrogens (tertiary/aromatic N) is 2. The number of furan rings is 1. The topological polar surface area (TPSA) is 72.2 Å². The lowest BCUT2D eigenvalue weighted by atomic mass is 9.84. The van der Waals surface area contributed by atoms with Crippen LogP contribution in [0.15, 0.2) is 22.8 Å². The largest absolute Gasteiger partial charge is 0.467 e. The summed E-state index contributed by atoms with van der Waals surface area (Å²) in [5, 5.41) is 0. The highest BCUT2D eigenvalue weighted by Gasteiger charge is 2.54. The first-order chi connectivity index (χ1) is 13.2. The van der Waals surface area contributed by atoms with E-state index >= 15 is 0 Å². The van der Waals surface area contributed by atoms with Crippen molar-refractivity contribution in [1.82, 2.24) is 9.80 Å². The van der Waals surface area contributed by atoms with Gasteiger partial charge in [0.05, 0.1) is 38.4 Å². The lowest BCUT2D eigenvalue weighted by molar-refractivity contribution is -0.152. The van der Waals surface area contributed by atoms with Crippen molar-refractivity contribution in [2.45, 2.75) is 44.2 Å². The van der Waals surface area contributed by atoms with Crippen molar-refractivity contribution >= 4 is 11.9 Å². The first-order valence-electron chi connectivity index (χ1n) is 9.99. The molecule has 1 spiro atoms. The van der Waals surface area contributed by atoms with E-state index in [9.17, 15) is 9.59 Å². The molecule has 0 aromatic carbocycles. The Balaban J connectivity index is 1.48. The van der Waals surface area contributed by atoms with Gasteiger partial charge in [0.25, 0.3) is 0 Å². The molecule has 4 rings (SSSR count). The van der Waals surface area contributed by atoms with Crippen LogP contribution in [-0.4, -0.2) is 66.7 Å². The Bertz CT molecular complexity index is 647. The van der Waals surface area contributed by atoms with E-state index in [4.69, 9.17) is 13.9 Å². The van der Waals surface area contributed by atoms with Gasteiger partial charge in [0.1, 0.15) is 11.4 Å². The lowest BCUT2D eigenvalue weighted by Crippen LogP contribution is -2.48. The quantitative estimate of drug-likeness (QED) is 0.705. The van der Waals surface area contributed by atoms with E-state index in [1.165, 1.54) is 0 Å². The average Bonchev–Trinajstić information content (AvgIpc) is 3.42. The molecule has 1 saturated carbocycles. The number of carbonyl (C=O) groups excluding carboxylic acids is 2. The highest BCUT2D eigenvalue weighted by molar-refractivity contribution is 5.88. The minimum absolute atomic E-state index is 0.0207. The second kappa shape index (κ2) is 8.02. The predicted octanol–water partition coefficient (Wildman–Crippen LogP) is 1.82. The third-order valence-corrected chi connectivity index (χ3v) is 6.10. The minimum atomic E-state index is -0.575. The standard InChI is InChI=1S/C20H28N2O5/c23-18-14-17(20(27-18)5-1-2-6-20)19(24)22(15-16-4-3-11-26-16)8-7-21-9-12-25-13-10-21/h3-4,11,17H,1-2,5-10,12-15H2. The molecule has 0 bridgehead atoms. The summed E-state index contributed by atoms with van der Waals surface area (Å²) >= 11 is 0. The van der Waals surface area contributed by atoms with E-state index in [0.29, 0.717) is 13.1 Å². The van der Waals surface area contributed by atoms with Crippen molar-refractivity contribution < 1.29 is 23.5 Å². The van der Waals surface area contributed by atoms with E-state index < -0.39 is 5.60 Å². The van der Waals surface area contributed by atoms with Crippen LogP contribution in [0.2, 0.25) is 0 Å². The van der Waals surface area contributed by atoms with Gasteiger partial charge in [-0.25, -0.2) is 0 Å². The van der Waals surface area contributed by atoms with Gasteiger partial charge in [-0.2, -0.15) is 0 Å². The Morgan fingerprint density at radius 3 is 2.74 bits per heavy atom. The van der Waals surface area contributed by atoms with Crippen molar-refractivity contribution in [2.24, 2.45) is 5.92 Å². The molecule has 3 aliphatic rings. The van der Waals surface area contributed by atoms with Gasteiger partial charge in [0.2, 0.25) is 5.91 Å². The molecule has 27 heavy (non-hydrogen) atoms. The van der Waals surface area contributed by atoms with Gasteiger partial charge in [-0.15, -0.1) is 0 Å². The first kappa shape index (κ1) is 18.5. The van der Waals surface area contributed by atoms with Gasteiger partial charge in [0, 0.05) is 26.2 Å². The minimum Gasteiger partial charge on any atom is -0.467 e. The number of hydrogen-bond donors (Lipinski definition) is 0. The molecule has 1 unspecified atom stereocenters. The molecule has 1 amide bonds. The number of hydrogen-bond acceptors (Lipinski definition) is 6. The fourth-order valence-electron chi connectivity index (χ4n) is 4.59. The van der Waals surface area contributed by atoms with Crippen LogP contribution in [0.3, 0.4) is 0 Å². The van der Waals surface area contributed by atoms with E-state index in [1.54, 1.807) is 6.26 Å². The number of morpholine rings is 1. The van der Waals surface area contributed by atoms with Crippen molar-refractivity contribution in [1.29, 1.82) is 0 Å². The van der Waals surface area contributed by atoms with Crippen LogP contribution in [0.25, 0.3) is 0 Å². The van der Waals surface area contributed by atoms with Crippen LogP contribution in [-0.2, 0) is 25.6 Å². The number of rotatable bonds is 6. The third-order valence-electron chi connectivity index (χ3n) is 6.10. The third kappa shape index (κ3) is 4.04. The highest BCUT2D eigenvalue weighted by atomic mass is 16.6. The molecule has 148 valence electrons. The Morgan fingerprint density at radius 2 is 2.04 bits per heavy atom. The zero-order chi connectivity index (χ0) is 18.7. The summed E-state index contributed by atoms with van der Waals surface area (Å²) in [4.78, 5) is 29.7. The molecule has 7 nitrogen and oxygen atoms in total. The number of carbonyl (C=O) groups is 2. The van der Waals surface area contributed by atoms with E-state index in [1.807, 2.05) is 17.0 Å². The van der Waals surface area contributed by atoms with E-state index in [2.05, 4.69) is 4.90 Å². The zero-order valence-corrected chi connectivity index (χ0v) is 15.7. The molecule has 1 aromatic rings. The Kier molecular flexibility index (Phi) is 5.50. The molecule has 3 heterocycles. The van der Waals surface area contributed by atoms with Crippen LogP contribution in [0.5, 0.6) is 0 Å². The SMILES string of the molecule is O=C1CC(C(=O)N(CCN2CCOCC2)Cc2ccco2)C2(CCCC2)O1. The van der Waals surface area contributed by atoms with E-state index in [-0.39, 0.29) is 24.2 Å². The van der Waals surface area contributed by atoms with Crippen LogP contribution in [0.4, 0.5) is 0 Å². The molecule has 1 aliphatic carbocycles. The summed E-state index contributed by atoms with van der Waals surface area (Å²) in [5.74, 6) is 0.178. The van der Waals surface area contributed by atoms with Crippen LogP contribution >= 0.6 is 0 Å². The van der Waals surface area contributed by atoms with Gasteiger partial charge < -0.3 is 18.8 Å². The maximum absolute atomic E-state index is 13.5. The van der Waals surface area contributed by atoms with Crippen LogP contribution in [0, 0.1) is 5.92 Å². The van der Waals surface area contributed by atoms with Gasteiger partial charge in [-0.3, -0.25) is 14.5 Å². The average molecular weight is 376 g/mol. The normalized spacial score (nSPS) is 25.0. The van der Waals surface area contributed by atoms with Gasteiger partial charge in [-0.1, -0.05) is 0 Å². The Labute approximate surface area is 159 Å². The predicted molar refractivity (Wildman–Crippen MR) is 96.8 cm³/mol. The fourth-order valence-corrected chi connectivity index (χ4v) is 4.59. The molecular formula is C20H28N2O5. The summed E-state index contributed by atoms with van der Waals surface area (Å²) in [7, 11) is 0. The number of amides is 1. The summed E-state index contributed by atoms with van der Waals surface area (Å²) in [6.07, 6.45) is 5.46. The van der Waals surface area contributed by atoms with Crippen molar-refractivity contribution in [3.05, 3.63) is 24.2 Å². The Morgan fingerprint density at radius 1 is 1.26 bits per heavy atom. The summed E-state index contributed by atoms with van der Waals surface area (Å²) in [6.45, 7) is 5.08. The van der Waals surface area contributed by atoms with Crippen molar-refractivity contribution in [3.8, 4) is 0 Å². The molecule has 0 N–H and O–H groups in total. The highest BCUT2D eigenvalue weighted by Crippen LogP contribution is 2.46. The molecule has 7 heteroatoms.